The van der Waals surface area contributed by atoms with E-state index in [4.69, 9.17) is 11.6 Å². The zero-order valence-corrected chi connectivity index (χ0v) is 12.0. The van der Waals surface area contributed by atoms with Crippen LogP contribution >= 0.6 is 11.6 Å². The Labute approximate surface area is 123 Å². The highest BCUT2D eigenvalue weighted by molar-refractivity contribution is 6.31. The zero-order valence-electron chi connectivity index (χ0n) is 11.3. The molecule has 1 aromatic carbocycles. The molecule has 5 heteroatoms. The highest BCUT2D eigenvalue weighted by Gasteiger charge is 2.14. The standard InChI is InChI=1S/C15H17ClN2O2/c1-2-7-18-9-12(16)8-14(18)15(20)17-13-6-4-3-5-11(13)10-19/h3-6,8-9,19H,2,7,10H2,1H3,(H,17,20). The topological polar surface area (TPSA) is 54.3 Å². The summed E-state index contributed by atoms with van der Waals surface area (Å²) in [5, 5.41) is 12.6. The Bertz CT molecular complexity index is 608. The number of benzene rings is 1. The molecule has 0 bridgehead atoms. The summed E-state index contributed by atoms with van der Waals surface area (Å²) in [6.07, 6.45) is 2.66. The maximum absolute atomic E-state index is 12.3. The largest absolute Gasteiger partial charge is 0.392 e. The fraction of sp³-hybridized carbons (Fsp3) is 0.267. The van der Waals surface area contributed by atoms with E-state index in [1.165, 1.54) is 0 Å². The second-order valence-corrected chi connectivity index (χ2v) is 4.94. The van der Waals surface area contributed by atoms with E-state index in [1.807, 2.05) is 23.6 Å². The van der Waals surface area contributed by atoms with Crippen molar-refractivity contribution in [1.82, 2.24) is 4.57 Å². The average Bonchev–Trinajstić information content (AvgIpc) is 2.81. The highest BCUT2D eigenvalue weighted by Crippen LogP contribution is 2.19. The number of aryl methyl sites for hydroxylation is 1. The number of para-hydroxylation sites is 1. The molecule has 4 nitrogen and oxygen atoms in total. The van der Waals surface area contributed by atoms with E-state index in [1.54, 1.807) is 24.4 Å². The van der Waals surface area contributed by atoms with Gasteiger partial charge < -0.3 is 15.0 Å². The molecule has 1 heterocycles. The summed E-state index contributed by atoms with van der Waals surface area (Å²) in [4.78, 5) is 12.3. The van der Waals surface area contributed by atoms with Crippen molar-refractivity contribution >= 4 is 23.2 Å². The van der Waals surface area contributed by atoms with E-state index >= 15 is 0 Å². The lowest BCUT2D eigenvalue weighted by atomic mass is 10.2. The van der Waals surface area contributed by atoms with Gasteiger partial charge in [-0.15, -0.1) is 0 Å². The number of amides is 1. The van der Waals surface area contributed by atoms with Crippen LogP contribution in [0.3, 0.4) is 0 Å². The Morgan fingerprint density at radius 1 is 1.40 bits per heavy atom. The number of carbonyl (C=O) groups excluding carboxylic acids is 1. The maximum atomic E-state index is 12.3. The Morgan fingerprint density at radius 2 is 2.15 bits per heavy atom. The van der Waals surface area contributed by atoms with Crippen LogP contribution in [0.15, 0.2) is 36.5 Å². The maximum Gasteiger partial charge on any atom is 0.272 e. The Balaban J connectivity index is 2.24. The molecule has 0 unspecified atom stereocenters. The van der Waals surface area contributed by atoms with Crippen LogP contribution in [0.2, 0.25) is 5.02 Å². The van der Waals surface area contributed by atoms with Gasteiger partial charge in [-0.1, -0.05) is 36.7 Å². The van der Waals surface area contributed by atoms with Crippen LogP contribution < -0.4 is 5.32 Å². The predicted octanol–water partition coefficient (Wildman–Crippen LogP) is 3.30. The van der Waals surface area contributed by atoms with E-state index in [-0.39, 0.29) is 12.5 Å². The van der Waals surface area contributed by atoms with Crippen molar-refractivity contribution in [3.05, 3.63) is 52.8 Å². The van der Waals surface area contributed by atoms with E-state index in [0.29, 0.717) is 22.0 Å². The summed E-state index contributed by atoms with van der Waals surface area (Å²) in [5.74, 6) is -0.230. The molecule has 2 rings (SSSR count). The van der Waals surface area contributed by atoms with Crippen molar-refractivity contribution in [3.63, 3.8) is 0 Å². The van der Waals surface area contributed by atoms with E-state index in [0.717, 1.165) is 13.0 Å². The van der Waals surface area contributed by atoms with Crippen LogP contribution in [-0.4, -0.2) is 15.6 Å². The summed E-state index contributed by atoms with van der Waals surface area (Å²) in [6.45, 7) is 2.65. The van der Waals surface area contributed by atoms with Gasteiger partial charge in [0.2, 0.25) is 0 Å². The summed E-state index contributed by atoms with van der Waals surface area (Å²) >= 11 is 5.97. The average molecular weight is 293 g/mol. The van der Waals surface area contributed by atoms with Crippen LogP contribution in [0.5, 0.6) is 0 Å². The minimum Gasteiger partial charge on any atom is -0.392 e. The van der Waals surface area contributed by atoms with Gasteiger partial charge in [0.25, 0.3) is 5.91 Å². The lowest BCUT2D eigenvalue weighted by molar-refractivity contribution is 0.101. The van der Waals surface area contributed by atoms with Crippen molar-refractivity contribution in [2.24, 2.45) is 0 Å². The first-order valence-electron chi connectivity index (χ1n) is 6.51. The number of aromatic nitrogens is 1. The van der Waals surface area contributed by atoms with Gasteiger partial charge >= 0.3 is 0 Å². The van der Waals surface area contributed by atoms with E-state index in [9.17, 15) is 9.90 Å². The van der Waals surface area contributed by atoms with Crippen molar-refractivity contribution in [3.8, 4) is 0 Å². The molecule has 106 valence electrons. The summed E-state index contributed by atoms with van der Waals surface area (Å²) in [6, 6.07) is 8.81. The van der Waals surface area contributed by atoms with Crippen molar-refractivity contribution in [2.75, 3.05) is 5.32 Å². The van der Waals surface area contributed by atoms with Crippen molar-refractivity contribution in [1.29, 1.82) is 0 Å². The molecule has 1 aromatic heterocycles. The molecule has 20 heavy (non-hydrogen) atoms. The summed E-state index contributed by atoms with van der Waals surface area (Å²) in [7, 11) is 0. The summed E-state index contributed by atoms with van der Waals surface area (Å²) < 4.78 is 1.83. The lowest BCUT2D eigenvalue weighted by Crippen LogP contribution is -2.17. The molecular formula is C15H17ClN2O2. The van der Waals surface area contributed by atoms with Gasteiger partial charge in [0.15, 0.2) is 0 Å². The third-order valence-corrected chi connectivity index (χ3v) is 3.20. The first-order chi connectivity index (χ1) is 9.65. The molecular weight excluding hydrogens is 276 g/mol. The Kier molecular flexibility index (Phi) is 4.82. The molecule has 0 radical (unpaired) electrons. The van der Waals surface area contributed by atoms with E-state index in [2.05, 4.69) is 5.32 Å². The predicted molar refractivity (Wildman–Crippen MR) is 80.1 cm³/mol. The van der Waals surface area contributed by atoms with Gasteiger partial charge in [-0.2, -0.15) is 0 Å². The van der Waals surface area contributed by atoms with Crippen LogP contribution in [0.25, 0.3) is 0 Å². The Morgan fingerprint density at radius 3 is 2.85 bits per heavy atom. The third-order valence-electron chi connectivity index (χ3n) is 3.00. The molecule has 0 aliphatic rings. The number of anilines is 1. The molecule has 1 amide bonds. The molecule has 2 N–H and O–H groups in total. The molecule has 2 aromatic rings. The summed E-state index contributed by atoms with van der Waals surface area (Å²) in [5.41, 5.74) is 1.81. The Hall–Kier alpha value is -1.78. The normalized spacial score (nSPS) is 10.6. The van der Waals surface area contributed by atoms with Gasteiger partial charge in [0, 0.05) is 24.0 Å². The number of aliphatic hydroxyl groups is 1. The number of hydrogen-bond donors (Lipinski definition) is 2. The molecule has 0 aliphatic heterocycles. The van der Waals surface area contributed by atoms with Gasteiger partial charge in [-0.3, -0.25) is 4.79 Å². The second-order valence-electron chi connectivity index (χ2n) is 4.51. The number of hydrogen-bond acceptors (Lipinski definition) is 2. The van der Waals surface area contributed by atoms with Gasteiger partial charge in [0.1, 0.15) is 5.69 Å². The minimum atomic E-state index is -0.230. The number of halogens is 1. The van der Waals surface area contributed by atoms with E-state index < -0.39 is 0 Å². The number of nitrogens with one attached hydrogen (secondary N) is 1. The van der Waals surface area contributed by atoms with Crippen LogP contribution in [0, 0.1) is 0 Å². The van der Waals surface area contributed by atoms with Crippen molar-refractivity contribution < 1.29 is 9.90 Å². The molecule has 0 aliphatic carbocycles. The number of rotatable bonds is 5. The fourth-order valence-corrected chi connectivity index (χ4v) is 2.28. The van der Waals surface area contributed by atoms with Crippen LogP contribution in [0.4, 0.5) is 5.69 Å². The number of nitrogens with zero attached hydrogens (tertiary/aromatic N) is 1. The molecule has 0 fully saturated rings. The first-order valence-corrected chi connectivity index (χ1v) is 6.89. The molecule has 0 spiro atoms. The van der Waals surface area contributed by atoms with Gasteiger partial charge in [-0.05, 0) is 18.6 Å². The minimum absolute atomic E-state index is 0.118. The monoisotopic (exact) mass is 292 g/mol. The molecule has 0 saturated carbocycles. The van der Waals surface area contributed by atoms with Crippen LogP contribution in [0.1, 0.15) is 29.4 Å². The quantitative estimate of drug-likeness (QED) is 0.888. The van der Waals surface area contributed by atoms with Crippen LogP contribution in [-0.2, 0) is 13.2 Å². The SMILES string of the molecule is CCCn1cc(Cl)cc1C(=O)Nc1ccccc1CO. The zero-order chi connectivity index (χ0) is 14.5. The van der Waals surface area contributed by atoms with Crippen molar-refractivity contribution in [2.45, 2.75) is 26.5 Å². The van der Waals surface area contributed by atoms with Gasteiger partial charge in [0.05, 0.1) is 11.6 Å². The molecule has 0 saturated heterocycles. The second kappa shape index (κ2) is 6.59. The smallest absolute Gasteiger partial charge is 0.272 e. The number of carbonyl (C=O) groups is 1. The molecule has 0 atom stereocenters. The third kappa shape index (κ3) is 3.21. The number of aliphatic hydroxyl groups excluding tert-OH is 1. The van der Waals surface area contributed by atoms with Gasteiger partial charge in [-0.25, -0.2) is 0 Å². The fourth-order valence-electron chi connectivity index (χ4n) is 2.06. The highest BCUT2D eigenvalue weighted by atomic mass is 35.5. The first kappa shape index (κ1) is 14.6. The lowest BCUT2D eigenvalue weighted by Gasteiger charge is -2.11.